The number of halogens is 2. The van der Waals surface area contributed by atoms with Gasteiger partial charge in [0.25, 0.3) is 0 Å². The molecule has 0 bridgehead atoms. The van der Waals surface area contributed by atoms with E-state index in [2.05, 4.69) is 15.3 Å². The van der Waals surface area contributed by atoms with Gasteiger partial charge >= 0.3 is 6.01 Å². The van der Waals surface area contributed by atoms with E-state index in [9.17, 15) is 9.90 Å². The summed E-state index contributed by atoms with van der Waals surface area (Å²) in [5.41, 5.74) is 0.607. The number of carbonyl (C=O) groups is 1. The normalized spacial score (nSPS) is 15.0. The largest absolute Gasteiger partial charge is 0.508 e. The molecule has 3 aromatic carbocycles. The fourth-order valence-corrected chi connectivity index (χ4v) is 4.57. The maximum atomic E-state index is 16.2. The zero-order chi connectivity index (χ0) is 23.8. The molecule has 1 atom stereocenters. The van der Waals surface area contributed by atoms with Gasteiger partial charge in [0, 0.05) is 37.1 Å². The number of hydrogen-bond donors (Lipinski definition) is 2. The molecular formula is C25H22ClFN4O3. The van der Waals surface area contributed by atoms with Crippen molar-refractivity contribution in [2.24, 2.45) is 0 Å². The topological polar surface area (TPSA) is 87.6 Å². The molecule has 4 aromatic rings. The number of ether oxygens (including phenoxy) is 1. The molecule has 7 nitrogen and oxygen atoms in total. The van der Waals surface area contributed by atoms with E-state index >= 15 is 4.39 Å². The standard InChI is InChI=1S/C25H22ClFN4O3/c1-14(13-32)34-25-29-23-19(24(30-25)31-8-6-28-7-9-31)12-20(26)21(22(23)27)18-11-16(33)10-15-4-2-3-5-17(15)18/h2-5,10-14,28,33H,6-9H2,1H3/t14-/m1/s1. The molecule has 1 fully saturated rings. The van der Waals surface area contributed by atoms with Gasteiger partial charge in [-0.2, -0.15) is 9.97 Å². The van der Waals surface area contributed by atoms with Gasteiger partial charge in [0.15, 0.2) is 18.2 Å². The molecule has 1 aliphatic heterocycles. The number of nitrogens with one attached hydrogen (secondary N) is 1. The number of aromatic hydroxyl groups is 1. The third-order valence-electron chi connectivity index (χ3n) is 5.86. The SMILES string of the molecule is C[C@H](C=O)Oc1nc(N2CCNCC2)c2cc(Cl)c(-c3cc(O)cc4ccccc34)c(F)c2n1. The minimum Gasteiger partial charge on any atom is -0.508 e. The van der Waals surface area contributed by atoms with Gasteiger partial charge in [0.2, 0.25) is 0 Å². The van der Waals surface area contributed by atoms with Gasteiger partial charge < -0.3 is 20.1 Å². The lowest BCUT2D eigenvalue weighted by Crippen LogP contribution is -2.44. The van der Waals surface area contributed by atoms with Crippen molar-refractivity contribution in [1.82, 2.24) is 15.3 Å². The van der Waals surface area contributed by atoms with E-state index in [0.29, 0.717) is 36.1 Å². The first-order chi connectivity index (χ1) is 16.5. The van der Waals surface area contributed by atoms with E-state index in [0.717, 1.165) is 23.9 Å². The third-order valence-corrected chi connectivity index (χ3v) is 6.16. The van der Waals surface area contributed by atoms with E-state index in [-0.39, 0.29) is 27.9 Å². The van der Waals surface area contributed by atoms with Crippen LogP contribution in [0.1, 0.15) is 6.92 Å². The quantitative estimate of drug-likeness (QED) is 0.411. The van der Waals surface area contributed by atoms with Gasteiger partial charge in [-0.15, -0.1) is 0 Å². The van der Waals surface area contributed by atoms with Crippen molar-refractivity contribution in [3.05, 3.63) is 53.3 Å². The highest BCUT2D eigenvalue weighted by Crippen LogP contribution is 2.42. The van der Waals surface area contributed by atoms with Gasteiger partial charge in [-0.3, -0.25) is 4.79 Å². The predicted octanol–water partition coefficient (Wildman–Crippen LogP) is 4.32. The van der Waals surface area contributed by atoms with Crippen LogP contribution in [0.4, 0.5) is 10.2 Å². The Balaban J connectivity index is 1.79. The number of rotatable bonds is 5. The number of phenolic OH excluding ortho intramolecular Hbond substituents is 1. The minimum atomic E-state index is -0.793. The van der Waals surface area contributed by atoms with Gasteiger partial charge in [-0.05, 0) is 41.5 Å². The van der Waals surface area contributed by atoms with Crippen LogP contribution in [0, 0.1) is 5.82 Å². The first kappa shape index (κ1) is 22.3. The Labute approximate surface area is 200 Å². The molecule has 0 amide bonds. The van der Waals surface area contributed by atoms with Crippen molar-refractivity contribution in [3.8, 4) is 22.9 Å². The van der Waals surface area contributed by atoms with Crippen LogP contribution in [0.2, 0.25) is 5.02 Å². The zero-order valence-corrected chi connectivity index (χ0v) is 19.1. The molecule has 5 rings (SSSR count). The molecule has 1 saturated heterocycles. The monoisotopic (exact) mass is 480 g/mol. The lowest BCUT2D eigenvalue weighted by molar-refractivity contribution is -0.113. The molecule has 174 valence electrons. The number of aromatic nitrogens is 2. The third kappa shape index (κ3) is 3.99. The van der Waals surface area contributed by atoms with Crippen LogP contribution in [-0.4, -0.2) is 53.6 Å². The number of phenols is 1. The van der Waals surface area contributed by atoms with Gasteiger partial charge in [0.05, 0.1) is 5.02 Å². The van der Waals surface area contributed by atoms with Crippen LogP contribution >= 0.6 is 11.6 Å². The summed E-state index contributed by atoms with van der Waals surface area (Å²) in [7, 11) is 0. The fourth-order valence-electron chi connectivity index (χ4n) is 4.27. The average molecular weight is 481 g/mol. The van der Waals surface area contributed by atoms with Crippen molar-refractivity contribution in [1.29, 1.82) is 0 Å². The van der Waals surface area contributed by atoms with Gasteiger partial charge in [-0.25, -0.2) is 4.39 Å². The Morgan fingerprint density at radius 1 is 1.18 bits per heavy atom. The summed E-state index contributed by atoms with van der Waals surface area (Å²) in [6.45, 7) is 4.37. The van der Waals surface area contributed by atoms with Crippen molar-refractivity contribution >= 4 is 45.4 Å². The van der Waals surface area contributed by atoms with Crippen LogP contribution in [0.5, 0.6) is 11.8 Å². The van der Waals surface area contributed by atoms with Crippen molar-refractivity contribution in [2.75, 3.05) is 31.1 Å². The molecule has 1 aliphatic rings. The molecule has 0 radical (unpaired) electrons. The molecule has 1 aromatic heterocycles. The summed E-state index contributed by atoms with van der Waals surface area (Å²) in [4.78, 5) is 22.0. The molecule has 0 saturated carbocycles. The predicted molar refractivity (Wildman–Crippen MR) is 130 cm³/mol. The Kier molecular flexibility index (Phi) is 5.93. The molecule has 0 aliphatic carbocycles. The summed E-state index contributed by atoms with van der Waals surface area (Å²) >= 11 is 6.67. The van der Waals surface area contributed by atoms with E-state index < -0.39 is 11.9 Å². The maximum Gasteiger partial charge on any atom is 0.319 e. The second-order valence-electron chi connectivity index (χ2n) is 8.18. The lowest BCUT2D eigenvalue weighted by atomic mass is 9.96. The summed E-state index contributed by atoms with van der Waals surface area (Å²) in [6.07, 6.45) is -0.168. The number of benzene rings is 3. The number of fused-ring (bicyclic) bond motifs is 2. The fraction of sp³-hybridized carbons (Fsp3) is 0.240. The minimum absolute atomic E-state index is 0.00251. The molecule has 2 N–H and O–H groups in total. The summed E-state index contributed by atoms with van der Waals surface area (Å²) in [6, 6.07) is 12.0. The number of hydrogen-bond acceptors (Lipinski definition) is 7. The first-order valence-electron chi connectivity index (χ1n) is 11.0. The van der Waals surface area contributed by atoms with Crippen molar-refractivity contribution < 1.29 is 19.0 Å². The summed E-state index contributed by atoms with van der Waals surface area (Å²) in [5, 5.41) is 15.7. The summed E-state index contributed by atoms with van der Waals surface area (Å²) in [5.74, 6) is -0.161. The van der Waals surface area contributed by atoms with Gasteiger partial charge in [-0.1, -0.05) is 35.9 Å². The smallest absolute Gasteiger partial charge is 0.319 e. The number of aldehydes is 1. The van der Waals surface area contributed by atoms with Crippen LogP contribution < -0.4 is 15.0 Å². The molecule has 34 heavy (non-hydrogen) atoms. The first-order valence-corrected chi connectivity index (χ1v) is 11.3. The maximum absolute atomic E-state index is 16.2. The van der Waals surface area contributed by atoms with Crippen LogP contribution in [-0.2, 0) is 4.79 Å². The molecule has 0 spiro atoms. The van der Waals surface area contributed by atoms with Crippen LogP contribution in [0.15, 0.2) is 42.5 Å². The van der Waals surface area contributed by atoms with E-state index in [1.165, 1.54) is 6.07 Å². The highest BCUT2D eigenvalue weighted by atomic mass is 35.5. The second-order valence-corrected chi connectivity index (χ2v) is 8.59. The number of carbonyl (C=O) groups excluding carboxylic acids is 1. The van der Waals surface area contributed by atoms with E-state index in [1.807, 2.05) is 29.2 Å². The Bertz CT molecular complexity index is 1410. The van der Waals surface area contributed by atoms with Crippen molar-refractivity contribution in [3.63, 3.8) is 0 Å². The Hall–Kier alpha value is -3.49. The molecule has 0 unspecified atom stereocenters. The zero-order valence-electron chi connectivity index (χ0n) is 18.4. The highest BCUT2D eigenvalue weighted by Gasteiger charge is 2.24. The van der Waals surface area contributed by atoms with Crippen LogP contribution in [0.3, 0.4) is 0 Å². The average Bonchev–Trinajstić information content (AvgIpc) is 2.84. The Morgan fingerprint density at radius 2 is 1.94 bits per heavy atom. The Morgan fingerprint density at radius 3 is 2.71 bits per heavy atom. The lowest BCUT2D eigenvalue weighted by Gasteiger charge is -2.29. The number of anilines is 1. The van der Waals surface area contributed by atoms with E-state index in [1.54, 1.807) is 19.1 Å². The highest BCUT2D eigenvalue weighted by molar-refractivity contribution is 6.35. The van der Waals surface area contributed by atoms with Gasteiger partial charge in [0.1, 0.15) is 17.1 Å². The van der Waals surface area contributed by atoms with Crippen molar-refractivity contribution in [2.45, 2.75) is 13.0 Å². The van der Waals surface area contributed by atoms with Crippen LogP contribution in [0.25, 0.3) is 32.8 Å². The molecule has 2 heterocycles. The van der Waals surface area contributed by atoms with E-state index in [4.69, 9.17) is 16.3 Å². The second kappa shape index (κ2) is 9.04. The molecule has 9 heteroatoms. The number of nitrogens with zero attached hydrogens (tertiary/aromatic N) is 3. The number of piperazine rings is 1. The molecular weight excluding hydrogens is 459 g/mol. The summed E-state index contributed by atoms with van der Waals surface area (Å²) < 4.78 is 21.8.